The molecular weight excluding hydrogens is 270 g/mol. The van der Waals surface area contributed by atoms with Crippen LogP contribution in [0.25, 0.3) is 16.5 Å². The molecule has 4 rings (SSSR count). The van der Waals surface area contributed by atoms with Gasteiger partial charge in [0.2, 0.25) is 5.82 Å². The van der Waals surface area contributed by atoms with Crippen LogP contribution in [0.2, 0.25) is 0 Å². The quantitative estimate of drug-likeness (QED) is 0.628. The van der Waals surface area contributed by atoms with Crippen molar-refractivity contribution in [3.63, 3.8) is 0 Å². The highest BCUT2D eigenvalue weighted by Gasteiger charge is 2.10. The number of fused-ring (bicyclic) bond motifs is 1. The van der Waals surface area contributed by atoms with Gasteiger partial charge in [-0.05, 0) is 5.56 Å². The third-order valence-corrected chi connectivity index (χ3v) is 3.84. The Morgan fingerprint density at radius 2 is 2.05 bits per heavy atom. The van der Waals surface area contributed by atoms with Gasteiger partial charge in [-0.2, -0.15) is 5.10 Å². The summed E-state index contributed by atoms with van der Waals surface area (Å²) in [6.07, 6.45) is 4.67. The first-order valence-electron chi connectivity index (χ1n) is 6.26. The van der Waals surface area contributed by atoms with E-state index in [1.54, 1.807) is 11.3 Å². The van der Waals surface area contributed by atoms with E-state index in [0.717, 1.165) is 22.9 Å². The van der Waals surface area contributed by atoms with Gasteiger partial charge in [-0.15, -0.1) is 11.3 Å². The van der Waals surface area contributed by atoms with Crippen LogP contribution >= 0.6 is 11.3 Å². The van der Waals surface area contributed by atoms with Crippen LogP contribution < -0.4 is 0 Å². The zero-order valence-electron chi connectivity index (χ0n) is 10.5. The molecule has 3 heterocycles. The lowest BCUT2D eigenvalue weighted by molar-refractivity contribution is 0.972. The maximum Gasteiger partial charge on any atom is 0.201 e. The van der Waals surface area contributed by atoms with Crippen LogP contribution in [0.5, 0.6) is 0 Å². The Hall–Kier alpha value is -2.47. The molecule has 0 bridgehead atoms. The van der Waals surface area contributed by atoms with Crippen LogP contribution in [0.15, 0.2) is 48.1 Å². The summed E-state index contributed by atoms with van der Waals surface area (Å²) in [7, 11) is 0. The molecule has 1 N–H and O–H groups in total. The number of nitrogens with zero attached hydrogens (tertiary/aromatic N) is 4. The lowest BCUT2D eigenvalue weighted by atomic mass is 10.1. The lowest BCUT2D eigenvalue weighted by Crippen LogP contribution is -1.90. The molecule has 20 heavy (non-hydrogen) atoms. The molecule has 1 aromatic carbocycles. The number of benzene rings is 1. The molecule has 0 saturated carbocycles. The molecule has 6 heteroatoms. The van der Waals surface area contributed by atoms with Crippen LogP contribution in [-0.2, 0) is 6.42 Å². The van der Waals surface area contributed by atoms with Crippen LogP contribution in [0.3, 0.4) is 0 Å². The average Bonchev–Trinajstić information content (AvgIpc) is 3.13. The Morgan fingerprint density at radius 1 is 1.15 bits per heavy atom. The molecule has 5 nitrogen and oxygen atoms in total. The van der Waals surface area contributed by atoms with Crippen molar-refractivity contribution in [2.24, 2.45) is 0 Å². The van der Waals surface area contributed by atoms with Crippen LogP contribution in [0.4, 0.5) is 0 Å². The minimum Gasteiger partial charge on any atom is -0.297 e. The second-order valence-corrected chi connectivity index (χ2v) is 5.36. The summed E-state index contributed by atoms with van der Waals surface area (Å²) in [6, 6.07) is 10.2. The molecule has 0 radical (unpaired) electrons. The van der Waals surface area contributed by atoms with Crippen molar-refractivity contribution < 1.29 is 0 Å². The predicted octanol–water partition coefficient (Wildman–Crippen LogP) is 2.77. The van der Waals surface area contributed by atoms with E-state index in [-0.39, 0.29) is 0 Å². The number of aromatic nitrogens is 5. The number of hydrogen-bond donors (Lipinski definition) is 1. The average molecular weight is 281 g/mol. The Labute approximate surface area is 119 Å². The number of hydrogen-bond acceptors (Lipinski definition) is 4. The second-order valence-electron chi connectivity index (χ2n) is 4.49. The highest BCUT2D eigenvalue weighted by atomic mass is 32.1. The summed E-state index contributed by atoms with van der Waals surface area (Å²) >= 11 is 1.60. The monoisotopic (exact) mass is 281 g/mol. The van der Waals surface area contributed by atoms with Gasteiger partial charge in [0.1, 0.15) is 11.5 Å². The number of aromatic amines is 1. The zero-order valence-corrected chi connectivity index (χ0v) is 11.3. The standard InChI is InChI=1S/C14H11N5S/c1-2-4-10(5-3-1)8-12-16-13(18-17-12)11-9-19-6-7-20-14(19)15-11/h1-7,9H,8H2,(H,16,17,18). The maximum atomic E-state index is 4.51. The van der Waals surface area contributed by atoms with Gasteiger partial charge in [0.15, 0.2) is 4.96 Å². The smallest absolute Gasteiger partial charge is 0.201 e. The van der Waals surface area contributed by atoms with Crippen molar-refractivity contribution >= 4 is 16.3 Å². The van der Waals surface area contributed by atoms with Crippen molar-refractivity contribution in [3.05, 3.63) is 59.5 Å². The van der Waals surface area contributed by atoms with Crippen molar-refractivity contribution in [3.8, 4) is 11.5 Å². The van der Waals surface area contributed by atoms with E-state index in [1.807, 2.05) is 40.4 Å². The molecular formula is C14H11N5S. The second kappa shape index (κ2) is 4.57. The molecule has 0 aliphatic carbocycles. The van der Waals surface area contributed by atoms with E-state index >= 15 is 0 Å². The maximum absolute atomic E-state index is 4.51. The summed E-state index contributed by atoms with van der Waals surface area (Å²) < 4.78 is 1.98. The number of thiazole rings is 1. The molecule has 0 aliphatic rings. The van der Waals surface area contributed by atoms with Crippen LogP contribution in [-0.4, -0.2) is 24.6 Å². The third kappa shape index (κ3) is 2.00. The van der Waals surface area contributed by atoms with Gasteiger partial charge in [-0.3, -0.25) is 9.50 Å². The molecule has 0 fully saturated rings. The van der Waals surface area contributed by atoms with Crippen molar-refractivity contribution in [1.82, 2.24) is 24.6 Å². The molecule has 98 valence electrons. The summed E-state index contributed by atoms with van der Waals surface area (Å²) in [6.45, 7) is 0. The van der Waals surface area contributed by atoms with Crippen molar-refractivity contribution in [1.29, 1.82) is 0 Å². The fourth-order valence-corrected chi connectivity index (χ4v) is 2.81. The molecule has 0 atom stereocenters. The van der Waals surface area contributed by atoms with E-state index in [2.05, 4.69) is 32.3 Å². The van der Waals surface area contributed by atoms with E-state index in [4.69, 9.17) is 0 Å². The first-order chi connectivity index (χ1) is 9.88. The fraction of sp³-hybridized carbons (Fsp3) is 0.0714. The first-order valence-corrected chi connectivity index (χ1v) is 7.14. The van der Waals surface area contributed by atoms with E-state index in [1.165, 1.54) is 5.56 Å². The molecule has 0 spiro atoms. The highest BCUT2D eigenvalue weighted by molar-refractivity contribution is 7.15. The molecule has 3 aromatic heterocycles. The summed E-state index contributed by atoms with van der Waals surface area (Å²) in [5, 5.41) is 9.24. The topological polar surface area (TPSA) is 58.9 Å². The van der Waals surface area contributed by atoms with Gasteiger partial charge in [0, 0.05) is 24.2 Å². The van der Waals surface area contributed by atoms with Gasteiger partial charge < -0.3 is 0 Å². The third-order valence-electron chi connectivity index (χ3n) is 3.07. The van der Waals surface area contributed by atoms with E-state index in [9.17, 15) is 0 Å². The van der Waals surface area contributed by atoms with Crippen molar-refractivity contribution in [2.45, 2.75) is 6.42 Å². The first kappa shape index (κ1) is 11.4. The molecule has 0 saturated heterocycles. The predicted molar refractivity (Wildman–Crippen MR) is 77.7 cm³/mol. The minimum atomic E-state index is 0.645. The van der Waals surface area contributed by atoms with Gasteiger partial charge in [0.05, 0.1) is 0 Å². The Balaban J connectivity index is 1.63. The number of imidazole rings is 1. The van der Waals surface area contributed by atoms with Gasteiger partial charge >= 0.3 is 0 Å². The highest BCUT2D eigenvalue weighted by Crippen LogP contribution is 2.18. The molecule has 0 amide bonds. The number of H-pyrrole nitrogens is 1. The zero-order chi connectivity index (χ0) is 13.4. The fourth-order valence-electron chi connectivity index (χ4n) is 2.11. The largest absolute Gasteiger partial charge is 0.297 e. The Kier molecular flexibility index (Phi) is 2.60. The Bertz CT molecular complexity index is 814. The van der Waals surface area contributed by atoms with E-state index < -0.39 is 0 Å². The minimum absolute atomic E-state index is 0.645. The van der Waals surface area contributed by atoms with Crippen LogP contribution in [0, 0.1) is 0 Å². The van der Waals surface area contributed by atoms with Crippen molar-refractivity contribution in [2.75, 3.05) is 0 Å². The molecule has 0 aliphatic heterocycles. The van der Waals surface area contributed by atoms with E-state index in [0.29, 0.717) is 5.82 Å². The normalized spacial score (nSPS) is 11.2. The molecule has 0 unspecified atom stereocenters. The lowest BCUT2D eigenvalue weighted by Gasteiger charge is -1.95. The number of rotatable bonds is 3. The summed E-state index contributed by atoms with van der Waals surface area (Å²) in [4.78, 5) is 9.97. The van der Waals surface area contributed by atoms with Gasteiger partial charge in [-0.1, -0.05) is 30.3 Å². The van der Waals surface area contributed by atoms with Gasteiger partial charge in [-0.25, -0.2) is 9.97 Å². The summed E-state index contributed by atoms with van der Waals surface area (Å²) in [5.74, 6) is 1.49. The Morgan fingerprint density at radius 3 is 2.90 bits per heavy atom. The summed E-state index contributed by atoms with van der Waals surface area (Å²) in [5.41, 5.74) is 2.01. The molecule has 4 aromatic rings. The van der Waals surface area contributed by atoms with Gasteiger partial charge in [0.25, 0.3) is 0 Å². The SMILES string of the molecule is c1ccc(Cc2nc(-c3cn4ccsc4n3)n[nH]2)cc1. The number of nitrogens with one attached hydrogen (secondary N) is 1. The van der Waals surface area contributed by atoms with Crippen LogP contribution in [0.1, 0.15) is 11.4 Å².